The summed E-state index contributed by atoms with van der Waals surface area (Å²) in [5.74, 6) is -0.819. The van der Waals surface area contributed by atoms with Crippen LogP contribution < -0.4 is 5.43 Å². The highest BCUT2D eigenvalue weighted by molar-refractivity contribution is 5.93. The quantitative estimate of drug-likeness (QED) is 0.915. The molecule has 0 aliphatic heterocycles. The number of halogens is 3. The van der Waals surface area contributed by atoms with Crippen LogP contribution in [-0.4, -0.2) is 40.3 Å². The van der Waals surface area contributed by atoms with E-state index in [1.165, 1.54) is 0 Å². The van der Waals surface area contributed by atoms with E-state index in [1.54, 1.807) is 0 Å². The molecule has 0 radical (unpaired) electrons. The normalized spacial score (nSPS) is 15.8. The van der Waals surface area contributed by atoms with Gasteiger partial charge in [-0.15, -0.1) is 0 Å². The molecule has 1 fully saturated rings. The van der Waals surface area contributed by atoms with E-state index in [0.717, 1.165) is 31.7 Å². The Morgan fingerprint density at radius 3 is 2.65 bits per heavy atom. The molecule has 2 rings (SSSR count). The summed E-state index contributed by atoms with van der Waals surface area (Å²) in [6, 6.07) is 0. The summed E-state index contributed by atoms with van der Waals surface area (Å²) in [4.78, 5) is 24.3. The minimum Gasteiger partial charge on any atom is -0.329 e. The van der Waals surface area contributed by atoms with E-state index >= 15 is 0 Å². The van der Waals surface area contributed by atoms with Crippen LogP contribution in [0.25, 0.3) is 0 Å². The molecule has 0 unspecified atom stereocenters. The number of amides is 1. The van der Waals surface area contributed by atoms with Gasteiger partial charge >= 0.3 is 6.18 Å². The zero-order valence-electron chi connectivity index (χ0n) is 10.6. The summed E-state index contributed by atoms with van der Waals surface area (Å²) in [5.41, 5.74) is -1.00. The SMILES string of the molecule is O=C(c1c[nH]ncc1=O)N(CC1CCC1)CC(F)(F)F. The van der Waals surface area contributed by atoms with Crippen molar-refractivity contribution >= 4 is 5.91 Å². The first-order chi connectivity index (χ1) is 9.37. The van der Waals surface area contributed by atoms with Crippen LogP contribution >= 0.6 is 0 Å². The third-order valence-corrected chi connectivity index (χ3v) is 3.32. The number of hydrogen-bond acceptors (Lipinski definition) is 3. The van der Waals surface area contributed by atoms with E-state index < -0.39 is 24.1 Å². The van der Waals surface area contributed by atoms with Gasteiger partial charge in [0.2, 0.25) is 5.43 Å². The standard InChI is InChI=1S/C12H14F3N3O2/c13-12(14,15)7-18(6-8-2-1-3-8)11(20)9-4-16-17-5-10(9)19/h4-5,8H,1-3,6-7H2,(H,16,19). The average Bonchev–Trinajstić information content (AvgIpc) is 2.30. The second-order valence-electron chi connectivity index (χ2n) is 4.91. The summed E-state index contributed by atoms with van der Waals surface area (Å²) < 4.78 is 37.7. The molecule has 20 heavy (non-hydrogen) atoms. The van der Waals surface area contributed by atoms with Crippen LogP contribution in [0, 0.1) is 5.92 Å². The summed E-state index contributed by atoms with van der Waals surface area (Å²) in [5, 5.41) is 5.72. The predicted octanol–water partition coefficient (Wildman–Crippen LogP) is 1.57. The van der Waals surface area contributed by atoms with Crippen molar-refractivity contribution in [2.24, 2.45) is 5.92 Å². The summed E-state index contributed by atoms with van der Waals surface area (Å²) in [6.07, 6.45) is 0.0214. The topological polar surface area (TPSA) is 66.1 Å². The van der Waals surface area contributed by atoms with Gasteiger partial charge in [-0.25, -0.2) is 0 Å². The fourth-order valence-electron chi connectivity index (χ4n) is 2.10. The predicted molar refractivity (Wildman–Crippen MR) is 64.2 cm³/mol. The lowest BCUT2D eigenvalue weighted by Gasteiger charge is -2.32. The minimum absolute atomic E-state index is 0.0279. The second-order valence-corrected chi connectivity index (χ2v) is 4.91. The zero-order chi connectivity index (χ0) is 14.8. The van der Waals surface area contributed by atoms with E-state index in [4.69, 9.17) is 0 Å². The van der Waals surface area contributed by atoms with Gasteiger partial charge in [-0.3, -0.25) is 14.7 Å². The number of nitrogens with zero attached hydrogens (tertiary/aromatic N) is 2. The first-order valence-corrected chi connectivity index (χ1v) is 6.26. The fraction of sp³-hybridized carbons (Fsp3) is 0.583. The number of alkyl halides is 3. The molecule has 1 amide bonds. The number of H-pyrrole nitrogens is 1. The summed E-state index contributed by atoms with van der Waals surface area (Å²) in [7, 11) is 0. The van der Waals surface area contributed by atoms with Gasteiger partial charge < -0.3 is 4.90 Å². The van der Waals surface area contributed by atoms with Crippen LogP contribution in [0.5, 0.6) is 0 Å². The number of nitrogens with one attached hydrogen (secondary N) is 1. The molecule has 0 bridgehead atoms. The van der Waals surface area contributed by atoms with Crippen molar-refractivity contribution in [3.05, 3.63) is 28.2 Å². The average molecular weight is 289 g/mol. The van der Waals surface area contributed by atoms with Gasteiger partial charge in [-0.2, -0.15) is 18.3 Å². The molecule has 0 spiro atoms. The molecular formula is C12H14F3N3O2. The highest BCUT2D eigenvalue weighted by Gasteiger charge is 2.35. The Balaban J connectivity index is 2.18. The molecule has 1 aliphatic carbocycles. The number of carbonyl (C=O) groups is 1. The van der Waals surface area contributed by atoms with Crippen molar-refractivity contribution < 1.29 is 18.0 Å². The van der Waals surface area contributed by atoms with Gasteiger partial charge in [0, 0.05) is 12.7 Å². The monoisotopic (exact) mass is 289 g/mol. The first-order valence-electron chi connectivity index (χ1n) is 6.26. The number of rotatable bonds is 4. The molecule has 5 nitrogen and oxygen atoms in total. The molecule has 8 heteroatoms. The van der Waals surface area contributed by atoms with Gasteiger partial charge in [0.05, 0.1) is 6.20 Å². The van der Waals surface area contributed by atoms with Crippen molar-refractivity contribution in [3.63, 3.8) is 0 Å². The first kappa shape index (κ1) is 14.5. The molecule has 0 aromatic carbocycles. The Labute approximate surface area is 112 Å². The molecule has 1 aliphatic rings. The van der Waals surface area contributed by atoms with E-state index in [2.05, 4.69) is 10.2 Å². The van der Waals surface area contributed by atoms with E-state index in [-0.39, 0.29) is 18.0 Å². The minimum atomic E-state index is -4.49. The Morgan fingerprint density at radius 1 is 1.45 bits per heavy atom. The Morgan fingerprint density at radius 2 is 2.15 bits per heavy atom. The highest BCUT2D eigenvalue weighted by atomic mass is 19.4. The lowest BCUT2D eigenvalue weighted by Crippen LogP contribution is -2.44. The fourth-order valence-corrected chi connectivity index (χ4v) is 2.10. The maximum absolute atomic E-state index is 12.6. The second kappa shape index (κ2) is 5.64. The summed E-state index contributed by atoms with van der Waals surface area (Å²) in [6.45, 7) is -1.32. The molecule has 0 saturated heterocycles. The van der Waals surface area contributed by atoms with Gasteiger partial charge in [0.25, 0.3) is 5.91 Å². The molecule has 1 heterocycles. The van der Waals surface area contributed by atoms with E-state index in [9.17, 15) is 22.8 Å². The third kappa shape index (κ3) is 3.58. The van der Waals surface area contributed by atoms with Crippen molar-refractivity contribution in [1.29, 1.82) is 0 Å². The van der Waals surface area contributed by atoms with Crippen molar-refractivity contribution in [3.8, 4) is 0 Å². The van der Waals surface area contributed by atoms with Crippen molar-refractivity contribution in [2.45, 2.75) is 25.4 Å². The molecule has 1 N–H and O–H groups in total. The zero-order valence-corrected chi connectivity index (χ0v) is 10.6. The molecule has 1 saturated carbocycles. The van der Waals surface area contributed by atoms with E-state index in [1.807, 2.05) is 0 Å². The third-order valence-electron chi connectivity index (χ3n) is 3.32. The molecule has 1 aromatic heterocycles. The number of aromatic nitrogens is 2. The largest absolute Gasteiger partial charge is 0.406 e. The molecular weight excluding hydrogens is 275 g/mol. The molecule has 0 atom stereocenters. The lowest BCUT2D eigenvalue weighted by molar-refractivity contribution is -0.142. The van der Waals surface area contributed by atoms with Crippen LogP contribution in [0.3, 0.4) is 0 Å². The smallest absolute Gasteiger partial charge is 0.329 e. The van der Waals surface area contributed by atoms with Crippen molar-refractivity contribution in [1.82, 2.24) is 15.1 Å². The van der Waals surface area contributed by atoms with Crippen LogP contribution in [0.4, 0.5) is 13.2 Å². The Bertz CT molecular complexity index is 537. The Hall–Kier alpha value is -1.86. The van der Waals surface area contributed by atoms with E-state index in [0.29, 0.717) is 4.90 Å². The van der Waals surface area contributed by atoms with Gasteiger partial charge in [0.1, 0.15) is 12.1 Å². The van der Waals surface area contributed by atoms with Crippen LogP contribution in [0.1, 0.15) is 29.6 Å². The highest BCUT2D eigenvalue weighted by Crippen LogP contribution is 2.28. The van der Waals surface area contributed by atoms with Gasteiger partial charge in [0.15, 0.2) is 0 Å². The number of hydrogen-bond donors (Lipinski definition) is 1. The van der Waals surface area contributed by atoms with Crippen LogP contribution in [0.2, 0.25) is 0 Å². The maximum Gasteiger partial charge on any atom is 0.406 e. The molecule has 110 valence electrons. The summed E-state index contributed by atoms with van der Waals surface area (Å²) >= 11 is 0. The van der Waals surface area contributed by atoms with Crippen LogP contribution in [0.15, 0.2) is 17.2 Å². The van der Waals surface area contributed by atoms with Gasteiger partial charge in [-0.05, 0) is 18.8 Å². The number of aromatic amines is 1. The van der Waals surface area contributed by atoms with Gasteiger partial charge in [-0.1, -0.05) is 6.42 Å². The van der Waals surface area contributed by atoms with Crippen molar-refractivity contribution in [2.75, 3.05) is 13.1 Å². The Kier molecular flexibility index (Phi) is 4.10. The number of carbonyl (C=O) groups excluding carboxylic acids is 1. The lowest BCUT2D eigenvalue weighted by atomic mass is 9.85. The molecule has 1 aromatic rings. The van der Waals surface area contributed by atoms with Crippen LogP contribution in [-0.2, 0) is 0 Å². The maximum atomic E-state index is 12.6.